The number of rotatable bonds is 1. The van der Waals surface area contributed by atoms with E-state index in [9.17, 15) is 14.7 Å². The molecule has 2 aliphatic rings. The van der Waals surface area contributed by atoms with E-state index in [4.69, 9.17) is 9.94 Å². The molecule has 0 aromatic heterocycles. The van der Waals surface area contributed by atoms with Crippen molar-refractivity contribution in [3.63, 3.8) is 0 Å². The summed E-state index contributed by atoms with van der Waals surface area (Å²) in [7, 11) is 0. The number of hydroxylamine groups is 2. The van der Waals surface area contributed by atoms with Gasteiger partial charge in [0.05, 0.1) is 12.0 Å². The third-order valence-corrected chi connectivity index (χ3v) is 2.95. The lowest BCUT2D eigenvalue weighted by Crippen LogP contribution is -2.40. The number of nitrogens with zero attached hydrogens (tertiary/aromatic N) is 1. The van der Waals surface area contributed by atoms with Gasteiger partial charge in [0, 0.05) is 0 Å². The standard InChI is InChI=1S/C9H11NO5/c1-3-9(13)6-5(4(2)15-9)7(11)10(14)8(6)12/h3-6,13-14H,1H2,2H3. The molecule has 2 N–H and O–H groups in total. The number of carbonyl (C=O) groups is 2. The van der Waals surface area contributed by atoms with Crippen molar-refractivity contribution in [3.8, 4) is 0 Å². The molecule has 2 rings (SSSR count). The average Bonchev–Trinajstić information content (AvgIpc) is 2.58. The number of amides is 2. The minimum atomic E-state index is -1.87. The van der Waals surface area contributed by atoms with Gasteiger partial charge in [-0.25, -0.2) is 0 Å². The second-order valence-electron chi connectivity index (χ2n) is 3.77. The zero-order valence-electron chi connectivity index (χ0n) is 8.08. The number of aliphatic hydroxyl groups is 1. The minimum absolute atomic E-state index is 0.0445. The van der Waals surface area contributed by atoms with E-state index in [0.29, 0.717) is 0 Å². The highest BCUT2D eigenvalue weighted by Crippen LogP contribution is 2.45. The van der Waals surface area contributed by atoms with Gasteiger partial charge in [0.15, 0.2) is 5.79 Å². The van der Waals surface area contributed by atoms with Gasteiger partial charge >= 0.3 is 0 Å². The van der Waals surface area contributed by atoms with Crippen LogP contribution in [0.15, 0.2) is 12.7 Å². The molecule has 0 aromatic rings. The van der Waals surface area contributed by atoms with Gasteiger partial charge in [-0.15, -0.1) is 0 Å². The van der Waals surface area contributed by atoms with Crippen molar-refractivity contribution in [1.82, 2.24) is 5.06 Å². The van der Waals surface area contributed by atoms with E-state index in [1.165, 1.54) is 0 Å². The van der Waals surface area contributed by atoms with Crippen molar-refractivity contribution in [2.75, 3.05) is 0 Å². The molecule has 15 heavy (non-hydrogen) atoms. The maximum Gasteiger partial charge on any atom is 0.263 e. The molecule has 2 saturated heterocycles. The predicted octanol–water partition coefficient (Wildman–Crippen LogP) is -0.730. The Kier molecular flexibility index (Phi) is 1.97. The lowest BCUT2D eigenvalue weighted by Gasteiger charge is -2.22. The van der Waals surface area contributed by atoms with E-state index in [1.807, 2.05) is 0 Å². The highest BCUT2D eigenvalue weighted by atomic mass is 16.6. The lowest BCUT2D eigenvalue weighted by atomic mass is 9.88. The van der Waals surface area contributed by atoms with Gasteiger partial charge in [-0.05, 0) is 13.0 Å². The normalized spacial score (nSPS) is 44.7. The molecule has 2 aliphatic heterocycles. The molecular formula is C9H11NO5. The molecular weight excluding hydrogens is 202 g/mol. The Balaban J connectivity index is 2.46. The average molecular weight is 213 g/mol. The molecule has 0 aliphatic carbocycles. The van der Waals surface area contributed by atoms with Gasteiger partial charge in [-0.1, -0.05) is 6.58 Å². The van der Waals surface area contributed by atoms with Crippen LogP contribution < -0.4 is 0 Å². The number of hydrogen-bond acceptors (Lipinski definition) is 5. The van der Waals surface area contributed by atoms with E-state index < -0.39 is 35.5 Å². The summed E-state index contributed by atoms with van der Waals surface area (Å²) in [6.45, 7) is 4.91. The van der Waals surface area contributed by atoms with Crippen LogP contribution in [0.25, 0.3) is 0 Å². The van der Waals surface area contributed by atoms with Crippen LogP contribution in [0.1, 0.15) is 6.92 Å². The van der Waals surface area contributed by atoms with Crippen LogP contribution in [0.2, 0.25) is 0 Å². The summed E-state index contributed by atoms with van der Waals surface area (Å²) in [6, 6.07) is 0. The Bertz CT molecular complexity index is 354. The Morgan fingerprint density at radius 3 is 2.67 bits per heavy atom. The third-order valence-electron chi connectivity index (χ3n) is 2.95. The number of fused-ring (bicyclic) bond motifs is 1. The molecule has 2 amide bonds. The molecule has 4 unspecified atom stereocenters. The van der Waals surface area contributed by atoms with Crippen LogP contribution in [-0.2, 0) is 14.3 Å². The van der Waals surface area contributed by atoms with Crippen LogP contribution in [0.5, 0.6) is 0 Å². The van der Waals surface area contributed by atoms with Crippen molar-refractivity contribution in [2.45, 2.75) is 18.8 Å². The van der Waals surface area contributed by atoms with E-state index in [0.717, 1.165) is 6.08 Å². The summed E-state index contributed by atoms with van der Waals surface area (Å²) in [4.78, 5) is 22.9. The van der Waals surface area contributed by atoms with Crippen molar-refractivity contribution < 1.29 is 24.6 Å². The first-order chi connectivity index (χ1) is 6.92. The summed E-state index contributed by atoms with van der Waals surface area (Å²) in [5.74, 6) is -5.39. The fraction of sp³-hybridized carbons (Fsp3) is 0.556. The fourth-order valence-electron chi connectivity index (χ4n) is 2.20. The first kappa shape index (κ1) is 10.3. The second-order valence-corrected chi connectivity index (χ2v) is 3.77. The topological polar surface area (TPSA) is 87.1 Å². The van der Waals surface area contributed by atoms with Crippen LogP contribution >= 0.6 is 0 Å². The van der Waals surface area contributed by atoms with E-state index >= 15 is 0 Å². The first-order valence-electron chi connectivity index (χ1n) is 4.53. The van der Waals surface area contributed by atoms with Crippen LogP contribution in [0.3, 0.4) is 0 Å². The molecule has 0 aromatic carbocycles. The van der Waals surface area contributed by atoms with Gasteiger partial charge in [-0.3, -0.25) is 14.8 Å². The van der Waals surface area contributed by atoms with Gasteiger partial charge in [0.25, 0.3) is 11.8 Å². The summed E-state index contributed by atoms with van der Waals surface area (Å²) in [5.41, 5.74) is 0. The largest absolute Gasteiger partial charge is 0.362 e. The lowest BCUT2D eigenvalue weighted by molar-refractivity contribution is -0.198. The molecule has 82 valence electrons. The van der Waals surface area contributed by atoms with Gasteiger partial charge < -0.3 is 9.84 Å². The highest BCUT2D eigenvalue weighted by Gasteiger charge is 2.64. The number of carbonyl (C=O) groups excluding carboxylic acids is 2. The van der Waals surface area contributed by atoms with Crippen molar-refractivity contribution in [3.05, 3.63) is 12.7 Å². The Labute approximate surface area is 85.7 Å². The summed E-state index contributed by atoms with van der Waals surface area (Å²) < 4.78 is 5.11. The molecule has 0 spiro atoms. The van der Waals surface area contributed by atoms with E-state index in [1.54, 1.807) is 6.92 Å². The number of imide groups is 1. The first-order valence-corrected chi connectivity index (χ1v) is 4.53. The molecule has 2 fully saturated rings. The van der Waals surface area contributed by atoms with Crippen molar-refractivity contribution >= 4 is 11.8 Å². The number of hydrogen-bond donors (Lipinski definition) is 2. The maximum atomic E-state index is 11.5. The molecule has 0 radical (unpaired) electrons. The molecule has 4 atom stereocenters. The Morgan fingerprint density at radius 2 is 2.13 bits per heavy atom. The third kappa shape index (κ3) is 1.09. The second kappa shape index (κ2) is 2.88. The Hall–Kier alpha value is -1.24. The van der Waals surface area contributed by atoms with E-state index in [-0.39, 0.29) is 5.06 Å². The summed E-state index contributed by atoms with van der Waals surface area (Å²) in [6.07, 6.45) is 0.435. The summed E-state index contributed by atoms with van der Waals surface area (Å²) >= 11 is 0. The zero-order valence-corrected chi connectivity index (χ0v) is 8.08. The zero-order chi connectivity index (χ0) is 11.4. The van der Waals surface area contributed by atoms with Crippen molar-refractivity contribution in [1.29, 1.82) is 0 Å². The smallest absolute Gasteiger partial charge is 0.263 e. The monoisotopic (exact) mass is 213 g/mol. The molecule has 2 heterocycles. The molecule has 6 heteroatoms. The van der Waals surface area contributed by atoms with Crippen molar-refractivity contribution in [2.24, 2.45) is 11.8 Å². The number of ether oxygens (including phenoxy) is 1. The van der Waals surface area contributed by atoms with Gasteiger partial charge in [-0.2, -0.15) is 5.06 Å². The van der Waals surface area contributed by atoms with Gasteiger partial charge in [0.1, 0.15) is 5.92 Å². The van der Waals surface area contributed by atoms with E-state index in [2.05, 4.69) is 6.58 Å². The SMILES string of the molecule is C=CC1(O)OC(C)C2C(=O)N(O)C(=O)C21. The predicted molar refractivity (Wildman–Crippen MR) is 46.3 cm³/mol. The van der Waals surface area contributed by atoms with Gasteiger partial charge in [0.2, 0.25) is 0 Å². The highest BCUT2D eigenvalue weighted by molar-refractivity contribution is 6.05. The molecule has 0 saturated carbocycles. The van der Waals surface area contributed by atoms with Crippen LogP contribution in [0, 0.1) is 11.8 Å². The molecule has 6 nitrogen and oxygen atoms in total. The van der Waals surface area contributed by atoms with Crippen LogP contribution in [-0.4, -0.2) is 39.1 Å². The maximum absolute atomic E-state index is 11.5. The quantitative estimate of drug-likeness (QED) is 0.340. The van der Waals surface area contributed by atoms with Crippen LogP contribution in [0.4, 0.5) is 0 Å². The summed E-state index contributed by atoms with van der Waals surface area (Å²) in [5, 5.41) is 19.1. The Morgan fingerprint density at radius 1 is 1.53 bits per heavy atom. The fourth-order valence-corrected chi connectivity index (χ4v) is 2.20. The molecule has 0 bridgehead atoms. The minimum Gasteiger partial charge on any atom is -0.362 e.